The fraction of sp³-hybridized carbons (Fsp3) is 0.929. The molecule has 2 fully saturated rings. The molecule has 0 radical (unpaired) electrons. The van der Waals surface area contributed by atoms with E-state index in [-0.39, 0.29) is 23.8 Å². The fourth-order valence-corrected chi connectivity index (χ4v) is 3.23. The van der Waals surface area contributed by atoms with Crippen LogP contribution in [0, 0.1) is 11.3 Å². The standard InChI is InChI=1S/C14H23F3N2O/c1-2-3-8-19(10-14(15,16)17)12(20)11-9-13(11)4-6-18-7-5-13/h11,18H,2-10H2,1H3. The lowest BCUT2D eigenvalue weighted by molar-refractivity contribution is -0.162. The Hall–Kier alpha value is -0.780. The number of nitrogens with zero attached hydrogens (tertiary/aromatic N) is 1. The van der Waals surface area contributed by atoms with E-state index in [4.69, 9.17) is 0 Å². The average Bonchev–Trinajstić information content (AvgIpc) is 3.06. The molecule has 1 heterocycles. The Labute approximate surface area is 117 Å². The Bertz CT molecular complexity index is 351. The smallest absolute Gasteiger partial charge is 0.333 e. The summed E-state index contributed by atoms with van der Waals surface area (Å²) < 4.78 is 37.8. The number of unbranched alkanes of at least 4 members (excludes halogenated alkanes) is 1. The van der Waals surface area contributed by atoms with Gasteiger partial charge in [-0.05, 0) is 44.2 Å². The third-order valence-corrected chi connectivity index (χ3v) is 4.55. The van der Waals surface area contributed by atoms with Crippen LogP contribution in [0.25, 0.3) is 0 Å². The molecule has 1 unspecified atom stereocenters. The van der Waals surface area contributed by atoms with Gasteiger partial charge in [0.25, 0.3) is 0 Å². The molecule has 1 saturated carbocycles. The van der Waals surface area contributed by atoms with Crippen molar-refractivity contribution >= 4 is 5.91 Å². The summed E-state index contributed by atoms with van der Waals surface area (Å²) in [6.07, 6.45) is -0.286. The average molecular weight is 292 g/mol. The molecule has 2 rings (SSSR count). The van der Waals surface area contributed by atoms with Gasteiger partial charge < -0.3 is 10.2 Å². The van der Waals surface area contributed by atoms with Gasteiger partial charge in [-0.15, -0.1) is 0 Å². The molecule has 1 aliphatic carbocycles. The Balaban J connectivity index is 1.96. The van der Waals surface area contributed by atoms with E-state index < -0.39 is 12.7 Å². The maximum atomic E-state index is 12.6. The van der Waals surface area contributed by atoms with Crippen molar-refractivity contribution in [2.24, 2.45) is 11.3 Å². The van der Waals surface area contributed by atoms with Crippen LogP contribution in [0.1, 0.15) is 39.0 Å². The van der Waals surface area contributed by atoms with E-state index in [1.54, 1.807) is 0 Å². The van der Waals surface area contributed by atoms with Gasteiger partial charge in [0.1, 0.15) is 6.54 Å². The zero-order valence-corrected chi connectivity index (χ0v) is 11.9. The SMILES string of the molecule is CCCCN(CC(F)(F)F)C(=O)C1CC12CCNCC2. The molecule has 0 aromatic carbocycles. The van der Waals surface area contributed by atoms with Gasteiger partial charge in [0.2, 0.25) is 5.91 Å². The highest BCUT2D eigenvalue weighted by Gasteiger charge is 2.58. The number of amides is 1. The van der Waals surface area contributed by atoms with Crippen LogP contribution in [-0.4, -0.2) is 43.2 Å². The van der Waals surface area contributed by atoms with Gasteiger partial charge >= 0.3 is 6.18 Å². The highest BCUT2D eigenvalue weighted by atomic mass is 19.4. The van der Waals surface area contributed by atoms with Crippen LogP contribution < -0.4 is 5.32 Å². The van der Waals surface area contributed by atoms with E-state index in [1.807, 2.05) is 6.92 Å². The van der Waals surface area contributed by atoms with Crippen LogP contribution in [0.2, 0.25) is 0 Å². The molecule has 1 amide bonds. The normalized spacial score (nSPS) is 24.7. The number of rotatable bonds is 5. The second-order valence-corrected chi connectivity index (χ2v) is 6.10. The maximum absolute atomic E-state index is 12.6. The summed E-state index contributed by atoms with van der Waals surface area (Å²) in [5.41, 5.74) is -0.00159. The molecule has 0 aromatic heterocycles. The second-order valence-electron chi connectivity index (χ2n) is 6.10. The van der Waals surface area contributed by atoms with Gasteiger partial charge in [-0.2, -0.15) is 13.2 Å². The summed E-state index contributed by atoms with van der Waals surface area (Å²) in [7, 11) is 0. The molecular weight excluding hydrogens is 269 g/mol. The molecule has 1 saturated heterocycles. The molecule has 20 heavy (non-hydrogen) atoms. The number of hydrogen-bond acceptors (Lipinski definition) is 2. The second kappa shape index (κ2) is 5.92. The van der Waals surface area contributed by atoms with E-state index in [9.17, 15) is 18.0 Å². The number of piperidine rings is 1. The van der Waals surface area contributed by atoms with Crippen LogP contribution in [0.4, 0.5) is 13.2 Å². The first-order valence-corrected chi connectivity index (χ1v) is 7.44. The molecule has 2 aliphatic rings. The fourth-order valence-electron chi connectivity index (χ4n) is 3.23. The van der Waals surface area contributed by atoms with Crippen molar-refractivity contribution in [3.05, 3.63) is 0 Å². The summed E-state index contributed by atoms with van der Waals surface area (Å²) in [5.74, 6) is -0.457. The van der Waals surface area contributed by atoms with Gasteiger partial charge in [-0.3, -0.25) is 4.79 Å². The number of carbonyl (C=O) groups excluding carboxylic acids is 1. The lowest BCUT2D eigenvalue weighted by Crippen LogP contribution is -2.42. The Kier molecular flexibility index (Phi) is 4.62. The van der Waals surface area contributed by atoms with Gasteiger partial charge in [0.05, 0.1) is 0 Å². The molecule has 1 aliphatic heterocycles. The molecule has 3 nitrogen and oxygen atoms in total. The van der Waals surface area contributed by atoms with Gasteiger partial charge in [0.15, 0.2) is 0 Å². The van der Waals surface area contributed by atoms with Crippen molar-refractivity contribution in [2.45, 2.75) is 45.2 Å². The van der Waals surface area contributed by atoms with Gasteiger partial charge in [-0.1, -0.05) is 13.3 Å². The van der Waals surface area contributed by atoms with Gasteiger partial charge in [0, 0.05) is 12.5 Å². The number of hydrogen-bond donors (Lipinski definition) is 1. The van der Waals surface area contributed by atoms with E-state index in [2.05, 4.69) is 5.32 Å². The first-order valence-electron chi connectivity index (χ1n) is 7.44. The van der Waals surface area contributed by atoms with Crippen molar-refractivity contribution in [3.63, 3.8) is 0 Å². The molecule has 0 bridgehead atoms. The summed E-state index contributed by atoms with van der Waals surface area (Å²) in [6, 6.07) is 0. The molecule has 1 atom stereocenters. The Morgan fingerprint density at radius 1 is 1.35 bits per heavy atom. The first-order chi connectivity index (χ1) is 9.38. The molecule has 6 heteroatoms. The molecule has 1 N–H and O–H groups in total. The highest BCUT2D eigenvalue weighted by molar-refractivity contribution is 5.82. The Morgan fingerprint density at radius 3 is 2.55 bits per heavy atom. The predicted octanol–water partition coefficient (Wildman–Crippen LogP) is 2.57. The molecule has 0 aromatic rings. The van der Waals surface area contributed by atoms with Crippen LogP contribution in [0.3, 0.4) is 0 Å². The third kappa shape index (κ3) is 3.65. The van der Waals surface area contributed by atoms with Crippen molar-refractivity contribution in [2.75, 3.05) is 26.2 Å². The maximum Gasteiger partial charge on any atom is 0.406 e. The predicted molar refractivity (Wildman–Crippen MR) is 70.2 cm³/mol. The largest absolute Gasteiger partial charge is 0.406 e. The van der Waals surface area contributed by atoms with Crippen LogP contribution in [-0.2, 0) is 4.79 Å². The lowest BCUT2D eigenvalue weighted by atomic mass is 9.91. The van der Waals surface area contributed by atoms with E-state index in [1.165, 1.54) is 0 Å². The van der Waals surface area contributed by atoms with E-state index in [0.29, 0.717) is 6.42 Å². The number of nitrogens with one attached hydrogen (secondary N) is 1. The summed E-state index contributed by atoms with van der Waals surface area (Å²) in [4.78, 5) is 13.4. The summed E-state index contributed by atoms with van der Waals surface area (Å²) in [5, 5.41) is 3.24. The van der Waals surface area contributed by atoms with Crippen molar-refractivity contribution in [1.82, 2.24) is 10.2 Å². The zero-order chi connectivity index (χ0) is 14.8. The minimum Gasteiger partial charge on any atom is -0.333 e. The molecular formula is C14H23F3N2O. The van der Waals surface area contributed by atoms with Crippen molar-refractivity contribution in [3.8, 4) is 0 Å². The van der Waals surface area contributed by atoms with Crippen molar-refractivity contribution in [1.29, 1.82) is 0 Å². The quantitative estimate of drug-likeness (QED) is 0.844. The zero-order valence-electron chi connectivity index (χ0n) is 11.9. The highest BCUT2D eigenvalue weighted by Crippen LogP contribution is 2.59. The monoisotopic (exact) mass is 292 g/mol. The van der Waals surface area contributed by atoms with E-state index in [0.717, 1.165) is 43.7 Å². The van der Waals surface area contributed by atoms with Crippen LogP contribution in [0.15, 0.2) is 0 Å². The van der Waals surface area contributed by atoms with Gasteiger partial charge in [-0.25, -0.2) is 0 Å². The lowest BCUT2D eigenvalue weighted by Gasteiger charge is -2.27. The van der Waals surface area contributed by atoms with Crippen molar-refractivity contribution < 1.29 is 18.0 Å². The molecule has 116 valence electrons. The minimum atomic E-state index is -4.31. The summed E-state index contributed by atoms with van der Waals surface area (Å²) >= 11 is 0. The minimum absolute atomic E-state index is 0.00159. The number of alkyl halides is 3. The number of carbonyl (C=O) groups is 1. The summed E-state index contributed by atoms with van der Waals surface area (Å²) in [6.45, 7) is 2.79. The third-order valence-electron chi connectivity index (χ3n) is 4.55. The number of halogens is 3. The van der Waals surface area contributed by atoms with E-state index >= 15 is 0 Å². The molecule has 1 spiro atoms. The van der Waals surface area contributed by atoms with Crippen LogP contribution >= 0.6 is 0 Å². The Morgan fingerprint density at radius 2 is 2.00 bits per heavy atom. The topological polar surface area (TPSA) is 32.3 Å². The first kappa shape index (κ1) is 15.6. The van der Waals surface area contributed by atoms with Crippen LogP contribution in [0.5, 0.6) is 0 Å².